The fourth-order valence-electron chi connectivity index (χ4n) is 1.33. The van der Waals surface area contributed by atoms with Crippen molar-refractivity contribution in [2.24, 2.45) is 7.05 Å². The van der Waals surface area contributed by atoms with E-state index in [9.17, 15) is 4.79 Å². The van der Waals surface area contributed by atoms with Crippen molar-refractivity contribution in [3.63, 3.8) is 0 Å². The Hall–Kier alpha value is -1.58. The molecule has 0 radical (unpaired) electrons. The number of imidazole rings is 1. The van der Waals surface area contributed by atoms with Gasteiger partial charge in [-0.1, -0.05) is 12.2 Å². The van der Waals surface area contributed by atoms with Crippen molar-refractivity contribution in [2.75, 3.05) is 13.1 Å². The summed E-state index contributed by atoms with van der Waals surface area (Å²) < 4.78 is 1.77. The predicted molar refractivity (Wildman–Crippen MR) is 48.3 cm³/mol. The normalized spacial score (nSPS) is 15.3. The van der Waals surface area contributed by atoms with Gasteiger partial charge in [-0.25, -0.2) is 4.98 Å². The number of hydrogen-bond donors (Lipinski definition) is 0. The number of rotatable bonds is 1. The Kier molecular flexibility index (Phi) is 1.88. The molecular weight excluding hydrogens is 166 g/mol. The van der Waals surface area contributed by atoms with Crippen molar-refractivity contribution in [1.29, 1.82) is 0 Å². The van der Waals surface area contributed by atoms with Crippen LogP contribution in [0.4, 0.5) is 0 Å². The summed E-state index contributed by atoms with van der Waals surface area (Å²) in [6.45, 7) is 1.41. The minimum atomic E-state index is 0.00519. The molecule has 1 amide bonds. The van der Waals surface area contributed by atoms with Crippen molar-refractivity contribution in [1.82, 2.24) is 14.5 Å². The summed E-state index contributed by atoms with van der Waals surface area (Å²) in [5, 5.41) is 0. The Morgan fingerprint density at radius 2 is 2.15 bits per heavy atom. The largest absolute Gasteiger partial charge is 0.340 e. The highest BCUT2D eigenvalue weighted by atomic mass is 16.2. The minimum absolute atomic E-state index is 0.00519. The zero-order valence-electron chi connectivity index (χ0n) is 7.47. The van der Waals surface area contributed by atoms with Crippen LogP contribution in [-0.2, 0) is 7.05 Å². The van der Waals surface area contributed by atoms with Crippen LogP contribution in [0.1, 0.15) is 10.5 Å². The lowest BCUT2D eigenvalue weighted by atomic mass is 10.4. The lowest BCUT2D eigenvalue weighted by Gasteiger charge is -2.12. The Labute approximate surface area is 76.5 Å². The Morgan fingerprint density at radius 1 is 1.46 bits per heavy atom. The van der Waals surface area contributed by atoms with E-state index in [0.29, 0.717) is 18.8 Å². The molecule has 1 aromatic rings. The lowest BCUT2D eigenvalue weighted by molar-refractivity contribution is 0.0794. The first-order valence-electron chi connectivity index (χ1n) is 4.19. The second kappa shape index (κ2) is 3.05. The third-order valence-electron chi connectivity index (χ3n) is 2.03. The highest BCUT2D eigenvalue weighted by Crippen LogP contribution is 2.05. The van der Waals surface area contributed by atoms with Gasteiger partial charge in [0.05, 0.1) is 6.33 Å². The number of nitrogens with zero attached hydrogens (tertiary/aromatic N) is 3. The number of carbonyl (C=O) groups excluding carboxylic acids is 1. The standard InChI is InChI=1S/C9H11N3O/c1-11-6-8(10-7-11)9(13)12-4-2-3-5-12/h2-3,6-7H,4-5H2,1H3. The van der Waals surface area contributed by atoms with Crippen molar-refractivity contribution < 1.29 is 4.79 Å². The van der Waals surface area contributed by atoms with E-state index in [1.54, 1.807) is 22.0 Å². The summed E-state index contributed by atoms with van der Waals surface area (Å²) >= 11 is 0. The molecule has 0 fully saturated rings. The van der Waals surface area contributed by atoms with Crippen LogP contribution in [0.3, 0.4) is 0 Å². The van der Waals surface area contributed by atoms with Gasteiger partial charge < -0.3 is 9.47 Å². The number of aromatic nitrogens is 2. The average Bonchev–Trinajstić information content (AvgIpc) is 2.72. The van der Waals surface area contributed by atoms with E-state index in [4.69, 9.17) is 0 Å². The molecule has 4 heteroatoms. The SMILES string of the molecule is Cn1cnc(C(=O)N2CC=CC2)c1. The Balaban J connectivity index is 2.13. The second-order valence-corrected chi connectivity index (χ2v) is 3.11. The molecule has 0 atom stereocenters. The fourth-order valence-corrected chi connectivity index (χ4v) is 1.33. The van der Waals surface area contributed by atoms with Crippen LogP contribution in [0.5, 0.6) is 0 Å². The van der Waals surface area contributed by atoms with Gasteiger partial charge in [0.15, 0.2) is 0 Å². The molecule has 0 spiro atoms. The molecule has 0 N–H and O–H groups in total. The van der Waals surface area contributed by atoms with E-state index in [0.717, 1.165) is 0 Å². The molecule has 1 aliphatic heterocycles. The number of carbonyl (C=O) groups is 1. The maximum atomic E-state index is 11.7. The van der Waals surface area contributed by atoms with Crippen LogP contribution in [0.15, 0.2) is 24.7 Å². The van der Waals surface area contributed by atoms with E-state index in [-0.39, 0.29) is 5.91 Å². The molecule has 2 rings (SSSR count). The summed E-state index contributed by atoms with van der Waals surface area (Å²) in [5.74, 6) is 0.00519. The predicted octanol–water partition coefficient (Wildman–Crippen LogP) is 0.432. The fraction of sp³-hybridized carbons (Fsp3) is 0.333. The van der Waals surface area contributed by atoms with E-state index >= 15 is 0 Å². The van der Waals surface area contributed by atoms with Gasteiger partial charge in [0, 0.05) is 26.3 Å². The van der Waals surface area contributed by atoms with Crippen molar-refractivity contribution in [3.8, 4) is 0 Å². The zero-order valence-corrected chi connectivity index (χ0v) is 7.47. The second-order valence-electron chi connectivity index (χ2n) is 3.11. The highest BCUT2D eigenvalue weighted by Gasteiger charge is 2.17. The van der Waals surface area contributed by atoms with Crippen LogP contribution in [0.25, 0.3) is 0 Å². The first-order valence-corrected chi connectivity index (χ1v) is 4.19. The van der Waals surface area contributed by atoms with Crippen molar-refractivity contribution >= 4 is 5.91 Å². The molecule has 0 bridgehead atoms. The van der Waals surface area contributed by atoms with Crippen molar-refractivity contribution in [3.05, 3.63) is 30.4 Å². The first kappa shape index (κ1) is 8.04. The van der Waals surface area contributed by atoms with E-state index in [1.165, 1.54) is 0 Å². The molecule has 68 valence electrons. The van der Waals surface area contributed by atoms with E-state index in [2.05, 4.69) is 4.98 Å². The quantitative estimate of drug-likeness (QED) is 0.583. The Bertz CT molecular complexity index is 345. The van der Waals surface area contributed by atoms with Gasteiger partial charge >= 0.3 is 0 Å². The maximum absolute atomic E-state index is 11.7. The van der Waals surface area contributed by atoms with Gasteiger partial charge in [-0.05, 0) is 0 Å². The molecule has 0 saturated heterocycles. The van der Waals surface area contributed by atoms with Crippen LogP contribution in [0.2, 0.25) is 0 Å². The molecule has 4 nitrogen and oxygen atoms in total. The van der Waals surface area contributed by atoms with Gasteiger partial charge in [0.2, 0.25) is 0 Å². The zero-order chi connectivity index (χ0) is 9.26. The number of aryl methyl sites for hydroxylation is 1. The van der Waals surface area contributed by atoms with Crippen LogP contribution >= 0.6 is 0 Å². The lowest BCUT2D eigenvalue weighted by Crippen LogP contribution is -2.28. The average molecular weight is 177 g/mol. The van der Waals surface area contributed by atoms with Crippen LogP contribution in [-0.4, -0.2) is 33.4 Å². The molecule has 0 unspecified atom stereocenters. The summed E-state index contributed by atoms with van der Waals surface area (Å²) in [5.41, 5.74) is 0.520. The van der Waals surface area contributed by atoms with Gasteiger partial charge in [0.25, 0.3) is 5.91 Å². The highest BCUT2D eigenvalue weighted by molar-refractivity contribution is 5.92. The molecular formula is C9H11N3O. The van der Waals surface area contributed by atoms with Crippen molar-refractivity contribution in [2.45, 2.75) is 0 Å². The van der Waals surface area contributed by atoms with Gasteiger partial charge in [-0.15, -0.1) is 0 Å². The molecule has 0 saturated carbocycles. The third-order valence-corrected chi connectivity index (χ3v) is 2.03. The summed E-state index contributed by atoms with van der Waals surface area (Å²) in [6, 6.07) is 0. The van der Waals surface area contributed by atoms with E-state index < -0.39 is 0 Å². The number of amides is 1. The third kappa shape index (κ3) is 1.47. The van der Waals surface area contributed by atoms with Gasteiger partial charge in [0.1, 0.15) is 5.69 Å². The molecule has 1 aliphatic rings. The Morgan fingerprint density at radius 3 is 2.69 bits per heavy atom. The number of hydrogen-bond acceptors (Lipinski definition) is 2. The summed E-state index contributed by atoms with van der Waals surface area (Å²) in [7, 11) is 1.85. The molecule has 2 heterocycles. The van der Waals surface area contributed by atoms with Gasteiger partial charge in [-0.3, -0.25) is 4.79 Å². The summed E-state index contributed by atoms with van der Waals surface area (Å²) in [4.78, 5) is 17.4. The summed E-state index contributed by atoms with van der Waals surface area (Å²) in [6.07, 6.45) is 7.35. The first-order chi connectivity index (χ1) is 6.27. The maximum Gasteiger partial charge on any atom is 0.274 e. The topological polar surface area (TPSA) is 38.1 Å². The van der Waals surface area contributed by atoms with Crippen LogP contribution in [0, 0.1) is 0 Å². The van der Waals surface area contributed by atoms with Crippen LogP contribution < -0.4 is 0 Å². The smallest absolute Gasteiger partial charge is 0.274 e. The van der Waals surface area contributed by atoms with E-state index in [1.807, 2.05) is 19.2 Å². The molecule has 1 aromatic heterocycles. The monoisotopic (exact) mass is 177 g/mol. The molecule has 13 heavy (non-hydrogen) atoms. The molecule has 0 aliphatic carbocycles. The van der Waals surface area contributed by atoms with Gasteiger partial charge in [-0.2, -0.15) is 0 Å². The minimum Gasteiger partial charge on any atom is -0.340 e. The molecule has 0 aromatic carbocycles.